The summed E-state index contributed by atoms with van der Waals surface area (Å²) in [5.74, 6) is 0.530. The van der Waals surface area contributed by atoms with Gasteiger partial charge in [-0.05, 0) is 80.5 Å². The highest BCUT2D eigenvalue weighted by atomic mass is 16.4. The fourth-order valence-electron chi connectivity index (χ4n) is 5.15. The van der Waals surface area contributed by atoms with Crippen molar-refractivity contribution in [1.82, 2.24) is 14.5 Å². The smallest absolute Gasteiger partial charge is 0.336 e. The van der Waals surface area contributed by atoms with Gasteiger partial charge in [0.05, 0.1) is 16.6 Å². The van der Waals surface area contributed by atoms with E-state index in [1.54, 1.807) is 0 Å². The van der Waals surface area contributed by atoms with Gasteiger partial charge in [-0.15, -0.1) is 0 Å². The van der Waals surface area contributed by atoms with E-state index in [9.17, 15) is 9.90 Å². The molecule has 0 unspecified atom stereocenters. The van der Waals surface area contributed by atoms with Crippen LogP contribution < -0.4 is 0 Å². The average Bonchev–Trinajstić information content (AvgIpc) is 3.40. The minimum Gasteiger partial charge on any atom is -0.478 e. The first-order valence-electron chi connectivity index (χ1n) is 11.3. The van der Waals surface area contributed by atoms with Gasteiger partial charge in [0, 0.05) is 33.9 Å². The molecule has 0 amide bonds. The van der Waals surface area contributed by atoms with Gasteiger partial charge in [-0.3, -0.25) is 0 Å². The average molecular weight is 424 g/mol. The van der Waals surface area contributed by atoms with Crippen LogP contribution in [0.3, 0.4) is 0 Å². The topological polar surface area (TPSA) is 70.9 Å². The lowest BCUT2D eigenvalue weighted by atomic mass is 9.96. The molecular weight excluding hydrogens is 398 g/mol. The molecule has 1 fully saturated rings. The number of nitrogens with one attached hydrogen (secondary N) is 1. The monoisotopic (exact) mass is 423 g/mol. The first-order valence-corrected chi connectivity index (χ1v) is 11.3. The van der Waals surface area contributed by atoms with Crippen molar-refractivity contribution in [2.75, 3.05) is 0 Å². The molecule has 0 radical (unpaired) electrons. The molecule has 1 aliphatic rings. The molecule has 32 heavy (non-hydrogen) atoms. The minimum absolute atomic E-state index is 0.420. The number of para-hydroxylation sites is 1. The number of carbonyl (C=O) groups is 1. The van der Waals surface area contributed by atoms with Gasteiger partial charge in [0.25, 0.3) is 0 Å². The van der Waals surface area contributed by atoms with Crippen LogP contribution in [0.2, 0.25) is 0 Å². The normalized spacial score (nSPS) is 14.1. The van der Waals surface area contributed by atoms with Crippen molar-refractivity contribution in [2.45, 2.75) is 39.7 Å². The Morgan fingerprint density at radius 1 is 1.12 bits per heavy atom. The number of imidazole rings is 1. The highest BCUT2D eigenvalue weighted by molar-refractivity contribution is 6.09. The van der Waals surface area contributed by atoms with Gasteiger partial charge in [0.2, 0.25) is 0 Å². The first-order chi connectivity index (χ1) is 15.5. The van der Waals surface area contributed by atoms with Crippen LogP contribution in [0.4, 0.5) is 0 Å². The van der Waals surface area contributed by atoms with Crippen LogP contribution >= 0.6 is 0 Å². The molecule has 0 bridgehead atoms. The van der Waals surface area contributed by atoms with Gasteiger partial charge in [-0.25, -0.2) is 9.78 Å². The summed E-state index contributed by atoms with van der Waals surface area (Å²) in [7, 11) is 0. The predicted molar refractivity (Wildman–Crippen MR) is 128 cm³/mol. The van der Waals surface area contributed by atoms with E-state index in [0.29, 0.717) is 11.5 Å². The van der Waals surface area contributed by atoms with Crippen LogP contribution in [-0.2, 0) is 13.0 Å². The SMILES string of the molecule is CCn1c2ccccc2c2cc(-c3nc4c(C)c(C(=O)O)c(CC5CC5)cc4[nH]3)ccc21. The number of carboxylic acid groups (broad SMARTS) is 1. The van der Waals surface area contributed by atoms with Crippen molar-refractivity contribution in [3.05, 3.63) is 65.2 Å². The third-order valence-corrected chi connectivity index (χ3v) is 6.88. The molecule has 2 heterocycles. The number of hydrogen-bond donors (Lipinski definition) is 2. The van der Waals surface area contributed by atoms with E-state index in [0.717, 1.165) is 46.5 Å². The number of benzene rings is 3. The number of rotatable bonds is 5. The van der Waals surface area contributed by atoms with Crippen molar-refractivity contribution >= 4 is 38.8 Å². The summed E-state index contributed by atoms with van der Waals surface area (Å²) in [6.45, 7) is 4.96. The molecule has 5 nitrogen and oxygen atoms in total. The number of aromatic carboxylic acids is 1. The number of aromatic nitrogens is 3. The van der Waals surface area contributed by atoms with Gasteiger partial charge in [0.1, 0.15) is 5.82 Å². The standard InChI is InChI=1S/C27H25N3O2/c1-3-30-22-7-5-4-6-19(22)20-13-17(10-11-23(20)30)26-28-21-14-18(12-16-8-9-16)24(27(31)32)15(2)25(21)29-26/h4-7,10-11,13-14,16H,3,8-9,12H2,1-2H3,(H,28,29)(H,31,32). The Kier molecular flexibility index (Phi) is 4.15. The molecule has 0 saturated heterocycles. The maximum Gasteiger partial charge on any atom is 0.336 e. The van der Waals surface area contributed by atoms with Crippen LogP contribution in [0, 0.1) is 12.8 Å². The van der Waals surface area contributed by atoms with Gasteiger partial charge < -0.3 is 14.7 Å². The molecule has 0 atom stereocenters. The number of carboxylic acids is 1. The van der Waals surface area contributed by atoms with E-state index in [2.05, 4.69) is 58.9 Å². The number of H-pyrrole nitrogens is 1. The molecule has 2 N–H and O–H groups in total. The zero-order valence-electron chi connectivity index (χ0n) is 18.3. The van der Waals surface area contributed by atoms with Crippen LogP contribution in [0.1, 0.15) is 41.3 Å². The molecule has 5 heteroatoms. The second-order valence-electron chi connectivity index (χ2n) is 8.96. The third kappa shape index (κ3) is 2.84. The summed E-state index contributed by atoms with van der Waals surface area (Å²) >= 11 is 0. The number of aromatic amines is 1. The van der Waals surface area contributed by atoms with Gasteiger partial charge in [-0.1, -0.05) is 18.2 Å². The van der Waals surface area contributed by atoms with Crippen molar-refractivity contribution < 1.29 is 9.90 Å². The highest BCUT2D eigenvalue weighted by Crippen LogP contribution is 2.37. The lowest BCUT2D eigenvalue weighted by molar-refractivity contribution is 0.0695. The molecule has 2 aromatic heterocycles. The van der Waals surface area contributed by atoms with Crippen molar-refractivity contribution in [3.63, 3.8) is 0 Å². The van der Waals surface area contributed by atoms with Crippen LogP contribution in [0.5, 0.6) is 0 Å². The Morgan fingerprint density at radius 2 is 1.91 bits per heavy atom. The lowest BCUT2D eigenvalue weighted by Crippen LogP contribution is -2.07. The van der Waals surface area contributed by atoms with Crippen molar-refractivity contribution in [3.8, 4) is 11.4 Å². The van der Waals surface area contributed by atoms with E-state index in [-0.39, 0.29) is 0 Å². The summed E-state index contributed by atoms with van der Waals surface area (Å²) in [6.07, 6.45) is 3.21. The minimum atomic E-state index is -0.863. The zero-order chi connectivity index (χ0) is 22.0. The predicted octanol–water partition coefficient (Wildman–Crippen LogP) is 6.32. The molecule has 1 saturated carbocycles. The van der Waals surface area contributed by atoms with E-state index in [1.807, 2.05) is 13.0 Å². The molecule has 160 valence electrons. The maximum atomic E-state index is 12.0. The third-order valence-electron chi connectivity index (χ3n) is 6.88. The van der Waals surface area contributed by atoms with E-state index < -0.39 is 5.97 Å². The summed E-state index contributed by atoms with van der Waals surface area (Å²) in [5, 5.41) is 12.3. The number of nitrogens with zero attached hydrogens (tertiary/aromatic N) is 2. The van der Waals surface area contributed by atoms with Crippen molar-refractivity contribution in [1.29, 1.82) is 0 Å². The summed E-state index contributed by atoms with van der Waals surface area (Å²) < 4.78 is 2.33. The highest BCUT2D eigenvalue weighted by Gasteiger charge is 2.26. The Hall–Kier alpha value is -3.60. The van der Waals surface area contributed by atoms with Crippen molar-refractivity contribution in [2.24, 2.45) is 5.92 Å². The second kappa shape index (κ2) is 6.95. The summed E-state index contributed by atoms with van der Waals surface area (Å²) in [4.78, 5) is 20.4. The quantitative estimate of drug-likeness (QED) is 0.348. The van der Waals surface area contributed by atoms with E-state index in [1.165, 1.54) is 34.6 Å². The van der Waals surface area contributed by atoms with Crippen LogP contribution in [-0.4, -0.2) is 25.6 Å². The Balaban J connectivity index is 1.54. The maximum absolute atomic E-state index is 12.0. The van der Waals surface area contributed by atoms with E-state index in [4.69, 9.17) is 4.98 Å². The van der Waals surface area contributed by atoms with Gasteiger partial charge >= 0.3 is 5.97 Å². The molecule has 3 aromatic carbocycles. The number of aryl methyl sites for hydroxylation is 2. The zero-order valence-corrected chi connectivity index (χ0v) is 18.3. The fraction of sp³-hybridized carbons (Fsp3) is 0.259. The van der Waals surface area contributed by atoms with Crippen LogP contribution in [0.15, 0.2) is 48.5 Å². The van der Waals surface area contributed by atoms with Gasteiger partial charge in [0.15, 0.2) is 0 Å². The summed E-state index contributed by atoms with van der Waals surface area (Å²) in [5.41, 5.74) is 7.19. The second-order valence-corrected chi connectivity index (χ2v) is 8.96. The number of fused-ring (bicyclic) bond motifs is 4. The largest absolute Gasteiger partial charge is 0.478 e. The molecule has 0 spiro atoms. The fourth-order valence-corrected chi connectivity index (χ4v) is 5.15. The van der Waals surface area contributed by atoms with Gasteiger partial charge in [-0.2, -0.15) is 0 Å². The Labute approximate surface area is 185 Å². The Bertz CT molecular complexity index is 1540. The van der Waals surface area contributed by atoms with Crippen LogP contribution in [0.25, 0.3) is 44.2 Å². The van der Waals surface area contributed by atoms with E-state index >= 15 is 0 Å². The lowest BCUT2D eigenvalue weighted by Gasteiger charge is -2.09. The number of hydrogen-bond acceptors (Lipinski definition) is 2. The molecule has 6 rings (SSSR count). The molecule has 0 aliphatic heterocycles. The first kappa shape index (κ1) is 19.1. The Morgan fingerprint density at radius 3 is 2.66 bits per heavy atom. The molecular formula is C27H25N3O2. The molecule has 5 aromatic rings. The summed E-state index contributed by atoms with van der Waals surface area (Å²) in [6, 6.07) is 16.9. The molecule has 1 aliphatic carbocycles.